The molecule has 3 heterocycles. The van der Waals surface area contributed by atoms with E-state index in [-0.39, 0.29) is 17.4 Å². The van der Waals surface area contributed by atoms with Gasteiger partial charge in [-0.2, -0.15) is 0 Å². The summed E-state index contributed by atoms with van der Waals surface area (Å²) in [5.74, 6) is 1.12. The van der Waals surface area contributed by atoms with Gasteiger partial charge in [0.2, 0.25) is 5.91 Å². The molecule has 4 heteroatoms. The van der Waals surface area contributed by atoms with Crippen molar-refractivity contribution in [1.29, 1.82) is 0 Å². The van der Waals surface area contributed by atoms with Gasteiger partial charge in [0.15, 0.2) is 0 Å². The normalized spacial score (nSPS) is 28.5. The monoisotopic (exact) mass is 288 g/mol. The lowest BCUT2D eigenvalue weighted by atomic mass is 9.90. The molecule has 0 aromatic carbocycles. The average molecular weight is 288 g/mol. The zero-order chi connectivity index (χ0) is 15.0. The molecule has 1 aromatic heterocycles. The van der Waals surface area contributed by atoms with Gasteiger partial charge < -0.3 is 9.64 Å². The average Bonchev–Trinajstić information content (AvgIpc) is 2.69. The predicted molar refractivity (Wildman–Crippen MR) is 81.0 cm³/mol. The van der Waals surface area contributed by atoms with Crippen LogP contribution in [0.25, 0.3) is 0 Å². The molecular formula is C17H24N2O2. The second kappa shape index (κ2) is 5.32. The molecule has 2 saturated heterocycles. The van der Waals surface area contributed by atoms with E-state index < -0.39 is 0 Å². The first-order valence-corrected chi connectivity index (χ1v) is 7.84. The zero-order valence-corrected chi connectivity index (χ0v) is 13.1. The number of pyridine rings is 1. The number of carbonyl (C=O) groups is 1. The number of ether oxygens (including phenoxy) is 1. The SMILES string of the molecule is CC(C)(C)C(=O)N1C2CCC1CC(Oc1cccnc1)C2. The van der Waals surface area contributed by atoms with Crippen molar-refractivity contribution in [1.82, 2.24) is 9.88 Å². The topological polar surface area (TPSA) is 42.4 Å². The lowest BCUT2D eigenvalue weighted by Gasteiger charge is -2.41. The molecule has 114 valence electrons. The van der Waals surface area contributed by atoms with Crippen LogP contribution in [0.15, 0.2) is 24.5 Å². The summed E-state index contributed by atoms with van der Waals surface area (Å²) in [5.41, 5.74) is -0.294. The quantitative estimate of drug-likeness (QED) is 0.840. The van der Waals surface area contributed by atoms with Crippen molar-refractivity contribution in [3.05, 3.63) is 24.5 Å². The van der Waals surface area contributed by atoms with Crippen LogP contribution in [0.4, 0.5) is 0 Å². The number of piperidine rings is 1. The third kappa shape index (κ3) is 2.89. The highest BCUT2D eigenvalue weighted by atomic mass is 16.5. The summed E-state index contributed by atoms with van der Waals surface area (Å²) in [6, 6.07) is 4.53. The summed E-state index contributed by atoms with van der Waals surface area (Å²) in [4.78, 5) is 18.9. The Morgan fingerprint density at radius 1 is 1.29 bits per heavy atom. The van der Waals surface area contributed by atoms with Crippen molar-refractivity contribution in [2.24, 2.45) is 5.41 Å². The predicted octanol–water partition coefficient (Wildman–Crippen LogP) is 3.03. The number of hydrogen-bond acceptors (Lipinski definition) is 3. The van der Waals surface area contributed by atoms with Crippen LogP contribution >= 0.6 is 0 Å². The molecular weight excluding hydrogens is 264 g/mol. The van der Waals surface area contributed by atoms with Crippen LogP contribution in [0, 0.1) is 5.41 Å². The molecule has 2 unspecified atom stereocenters. The van der Waals surface area contributed by atoms with E-state index in [0.29, 0.717) is 12.1 Å². The largest absolute Gasteiger partial charge is 0.489 e. The maximum atomic E-state index is 12.6. The molecule has 2 fully saturated rings. The fourth-order valence-corrected chi connectivity index (χ4v) is 3.55. The Balaban J connectivity index is 1.68. The lowest BCUT2D eigenvalue weighted by molar-refractivity contribution is -0.145. The highest BCUT2D eigenvalue weighted by Gasteiger charge is 2.46. The van der Waals surface area contributed by atoms with Crippen molar-refractivity contribution in [3.63, 3.8) is 0 Å². The number of hydrogen-bond donors (Lipinski definition) is 0. The third-order valence-electron chi connectivity index (χ3n) is 4.50. The second-order valence-corrected chi connectivity index (χ2v) is 7.25. The van der Waals surface area contributed by atoms with Crippen LogP contribution in [0.1, 0.15) is 46.5 Å². The lowest BCUT2D eigenvalue weighted by Crippen LogP contribution is -2.52. The summed E-state index contributed by atoms with van der Waals surface area (Å²) in [6.45, 7) is 6.02. The summed E-state index contributed by atoms with van der Waals surface area (Å²) < 4.78 is 6.05. The Labute approximate surface area is 126 Å². The fourth-order valence-electron chi connectivity index (χ4n) is 3.55. The van der Waals surface area contributed by atoms with Gasteiger partial charge in [-0.05, 0) is 25.0 Å². The Morgan fingerprint density at radius 2 is 1.95 bits per heavy atom. The molecule has 21 heavy (non-hydrogen) atoms. The number of fused-ring (bicyclic) bond motifs is 2. The van der Waals surface area contributed by atoms with Gasteiger partial charge >= 0.3 is 0 Å². The third-order valence-corrected chi connectivity index (χ3v) is 4.50. The van der Waals surface area contributed by atoms with Crippen LogP contribution in [-0.4, -0.2) is 34.0 Å². The van der Waals surface area contributed by atoms with Crippen molar-refractivity contribution in [2.75, 3.05) is 0 Å². The number of aromatic nitrogens is 1. The Kier molecular flexibility index (Phi) is 3.64. The Hall–Kier alpha value is -1.58. The van der Waals surface area contributed by atoms with E-state index >= 15 is 0 Å². The molecule has 0 saturated carbocycles. The van der Waals surface area contributed by atoms with Gasteiger partial charge in [0.05, 0.1) is 6.20 Å². The first kappa shape index (κ1) is 14.4. The van der Waals surface area contributed by atoms with Gasteiger partial charge in [0, 0.05) is 36.5 Å². The van der Waals surface area contributed by atoms with E-state index in [9.17, 15) is 4.79 Å². The minimum atomic E-state index is -0.294. The summed E-state index contributed by atoms with van der Waals surface area (Å²) >= 11 is 0. The maximum absolute atomic E-state index is 12.6. The van der Waals surface area contributed by atoms with Crippen molar-refractivity contribution in [3.8, 4) is 5.75 Å². The van der Waals surface area contributed by atoms with Crippen LogP contribution in [-0.2, 0) is 4.79 Å². The van der Waals surface area contributed by atoms with Crippen molar-refractivity contribution < 1.29 is 9.53 Å². The van der Waals surface area contributed by atoms with E-state index in [0.717, 1.165) is 31.4 Å². The minimum Gasteiger partial charge on any atom is -0.489 e. The molecule has 2 aliphatic rings. The fraction of sp³-hybridized carbons (Fsp3) is 0.647. The van der Waals surface area contributed by atoms with E-state index in [4.69, 9.17) is 4.74 Å². The van der Waals surface area contributed by atoms with Crippen molar-refractivity contribution in [2.45, 2.75) is 64.6 Å². The number of carbonyl (C=O) groups excluding carboxylic acids is 1. The molecule has 1 aromatic rings. The van der Waals surface area contributed by atoms with E-state index in [1.165, 1.54) is 0 Å². The first-order chi connectivity index (χ1) is 9.95. The molecule has 2 aliphatic heterocycles. The standard InChI is InChI=1S/C17H24N2O2/c1-17(2,3)16(20)19-12-6-7-13(19)10-15(9-12)21-14-5-4-8-18-11-14/h4-5,8,11-13,15H,6-7,9-10H2,1-3H3. The van der Waals surface area contributed by atoms with Crippen LogP contribution in [0.5, 0.6) is 5.75 Å². The number of nitrogens with zero attached hydrogens (tertiary/aromatic N) is 2. The molecule has 0 radical (unpaired) electrons. The summed E-state index contributed by atoms with van der Waals surface area (Å²) in [7, 11) is 0. The molecule has 2 atom stereocenters. The van der Waals surface area contributed by atoms with Crippen LogP contribution < -0.4 is 4.74 Å². The molecule has 3 rings (SSSR count). The Morgan fingerprint density at radius 3 is 2.48 bits per heavy atom. The van der Waals surface area contributed by atoms with E-state index in [1.807, 2.05) is 32.9 Å². The van der Waals surface area contributed by atoms with Gasteiger partial charge in [-0.3, -0.25) is 9.78 Å². The van der Waals surface area contributed by atoms with Gasteiger partial charge in [0.25, 0.3) is 0 Å². The first-order valence-electron chi connectivity index (χ1n) is 7.84. The van der Waals surface area contributed by atoms with Gasteiger partial charge in [0.1, 0.15) is 11.9 Å². The smallest absolute Gasteiger partial charge is 0.228 e. The van der Waals surface area contributed by atoms with Gasteiger partial charge in [-0.25, -0.2) is 0 Å². The maximum Gasteiger partial charge on any atom is 0.228 e. The van der Waals surface area contributed by atoms with Crippen LogP contribution in [0.2, 0.25) is 0 Å². The molecule has 2 bridgehead atoms. The molecule has 0 aliphatic carbocycles. The molecule has 0 spiro atoms. The molecule has 4 nitrogen and oxygen atoms in total. The zero-order valence-electron chi connectivity index (χ0n) is 13.1. The van der Waals surface area contributed by atoms with Crippen molar-refractivity contribution >= 4 is 5.91 Å². The molecule has 0 N–H and O–H groups in total. The molecule has 1 amide bonds. The minimum absolute atomic E-state index is 0.204. The summed E-state index contributed by atoms with van der Waals surface area (Å²) in [5, 5.41) is 0. The van der Waals surface area contributed by atoms with E-state index in [1.54, 1.807) is 12.4 Å². The number of rotatable bonds is 2. The summed E-state index contributed by atoms with van der Waals surface area (Å²) in [6.07, 6.45) is 7.81. The highest BCUT2D eigenvalue weighted by Crippen LogP contribution is 2.39. The van der Waals surface area contributed by atoms with Gasteiger partial charge in [-0.1, -0.05) is 20.8 Å². The van der Waals surface area contributed by atoms with Crippen LogP contribution in [0.3, 0.4) is 0 Å². The highest BCUT2D eigenvalue weighted by molar-refractivity contribution is 5.82. The number of amides is 1. The second-order valence-electron chi connectivity index (χ2n) is 7.25. The van der Waals surface area contributed by atoms with Gasteiger partial charge in [-0.15, -0.1) is 0 Å². The Bertz CT molecular complexity index is 495. The van der Waals surface area contributed by atoms with E-state index in [2.05, 4.69) is 9.88 Å².